The molecule has 0 atom stereocenters. The predicted molar refractivity (Wildman–Crippen MR) is 113 cm³/mol. The van der Waals surface area contributed by atoms with Gasteiger partial charge in [0.05, 0.1) is 20.8 Å². The van der Waals surface area contributed by atoms with E-state index in [9.17, 15) is 9.59 Å². The van der Waals surface area contributed by atoms with Gasteiger partial charge in [0.1, 0.15) is 5.52 Å². The second-order valence-electron chi connectivity index (χ2n) is 7.75. The van der Waals surface area contributed by atoms with Crippen molar-refractivity contribution in [2.75, 3.05) is 26.1 Å². The number of benzene rings is 2. The zero-order chi connectivity index (χ0) is 21.9. The molecule has 0 unspecified atom stereocenters. The summed E-state index contributed by atoms with van der Waals surface area (Å²) in [4.78, 5) is 29.1. The summed E-state index contributed by atoms with van der Waals surface area (Å²) in [6.07, 6.45) is 0. The average molecular weight is 411 g/mol. The molecule has 0 radical (unpaired) electrons. The van der Waals surface area contributed by atoms with Gasteiger partial charge in [0.2, 0.25) is 11.8 Å². The number of fused-ring (bicyclic) bond motifs is 1. The van der Waals surface area contributed by atoms with Crippen molar-refractivity contribution in [1.29, 1.82) is 0 Å². The number of amides is 2. The number of hydrogen-bond acceptors (Lipinski definition) is 6. The molecule has 1 aromatic heterocycles. The van der Waals surface area contributed by atoms with Crippen molar-refractivity contribution in [3.8, 4) is 11.5 Å². The maximum Gasteiger partial charge on any atom is 0.251 e. The molecule has 0 bridgehead atoms. The molecule has 3 rings (SSSR count). The standard InChI is InChI=1S/C22H25N3O5/c1-22(2,3)21-25-15-11-14(7-9-16(15)30-21)24-19(26)12-23-20(27)13-6-8-17(28-4)18(10-13)29-5/h6-11H,12H2,1-5H3,(H,23,27)(H,24,26). The first kappa shape index (κ1) is 21.2. The van der Waals surface area contributed by atoms with Crippen molar-refractivity contribution in [2.24, 2.45) is 0 Å². The molecule has 3 aromatic rings. The summed E-state index contributed by atoms with van der Waals surface area (Å²) >= 11 is 0. The summed E-state index contributed by atoms with van der Waals surface area (Å²) in [5, 5.41) is 5.34. The Morgan fingerprint density at radius 3 is 2.43 bits per heavy atom. The molecule has 0 aliphatic heterocycles. The van der Waals surface area contributed by atoms with E-state index in [1.54, 1.807) is 36.4 Å². The van der Waals surface area contributed by atoms with E-state index in [4.69, 9.17) is 13.9 Å². The summed E-state index contributed by atoms with van der Waals surface area (Å²) in [6, 6.07) is 10.0. The average Bonchev–Trinajstić information content (AvgIpc) is 3.15. The van der Waals surface area contributed by atoms with Gasteiger partial charge in [-0.3, -0.25) is 9.59 Å². The molecule has 1 heterocycles. The van der Waals surface area contributed by atoms with Crippen molar-refractivity contribution in [2.45, 2.75) is 26.2 Å². The maximum atomic E-state index is 12.3. The fourth-order valence-electron chi connectivity index (χ4n) is 2.77. The molecule has 0 aliphatic carbocycles. The third-order valence-electron chi connectivity index (χ3n) is 4.37. The highest BCUT2D eigenvalue weighted by molar-refractivity contribution is 6.00. The molecule has 2 N–H and O–H groups in total. The second kappa shape index (κ2) is 8.44. The zero-order valence-electron chi connectivity index (χ0n) is 17.7. The molecule has 0 saturated carbocycles. The van der Waals surface area contributed by atoms with Crippen molar-refractivity contribution in [1.82, 2.24) is 10.3 Å². The number of rotatable bonds is 6. The zero-order valence-corrected chi connectivity index (χ0v) is 17.7. The number of hydrogen-bond donors (Lipinski definition) is 2. The topological polar surface area (TPSA) is 103 Å². The number of nitrogens with zero attached hydrogens (tertiary/aromatic N) is 1. The molecule has 8 heteroatoms. The first-order chi connectivity index (χ1) is 14.2. The highest BCUT2D eigenvalue weighted by Crippen LogP contribution is 2.28. The lowest BCUT2D eigenvalue weighted by molar-refractivity contribution is -0.115. The molecule has 0 saturated heterocycles. The Labute approximate surface area is 174 Å². The molecule has 0 spiro atoms. The summed E-state index contributed by atoms with van der Waals surface area (Å²) in [5.41, 5.74) is 2.03. The van der Waals surface area contributed by atoms with Crippen molar-refractivity contribution in [3.63, 3.8) is 0 Å². The van der Waals surface area contributed by atoms with Gasteiger partial charge in [-0.1, -0.05) is 20.8 Å². The molecule has 0 fully saturated rings. The van der Waals surface area contributed by atoms with Crippen LogP contribution in [0.5, 0.6) is 11.5 Å². The van der Waals surface area contributed by atoms with E-state index in [2.05, 4.69) is 15.6 Å². The van der Waals surface area contributed by atoms with Crippen LogP contribution in [0.1, 0.15) is 37.0 Å². The second-order valence-corrected chi connectivity index (χ2v) is 7.75. The van der Waals surface area contributed by atoms with Crippen LogP contribution in [0.25, 0.3) is 11.1 Å². The molecule has 2 amide bonds. The van der Waals surface area contributed by atoms with Crippen LogP contribution in [0, 0.1) is 0 Å². The van der Waals surface area contributed by atoms with Gasteiger partial charge in [0, 0.05) is 16.7 Å². The van der Waals surface area contributed by atoms with E-state index in [0.717, 1.165) is 0 Å². The molecule has 0 aliphatic rings. The monoisotopic (exact) mass is 411 g/mol. The lowest BCUT2D eigenvalue weighted by atomic mass is 9.97. The molecular formula is C22H25N3O5. The van der Waals surface area contributed by atoms with Crippen LogP contribution in [0.2, 0.25) is 0 Å². The van der Waals surface area contributed by atoms with Gasteiger partial charge in [0.15, 0.2) is 17.1 Å². The minimum Gasteiger partial charge on any atom is -0.493 e. The molecule has 2 aromatic carbocycles. The number of aromatic nitrogens is 1. The minimum atomic E-state index is -0.395. The SMILES string of the molecule is COc1ccc(C(=O)NCC(=O)Nc2ccc3oc(C(C)(C)C)nc3c2)cc1OC. The predicted octanol–water partition coefficient (Wildman–Crippen LogP) is 3.51. The van der Waals surface area contributed by atoms with Gasteiger partial charge in [-0.2, -0.15) is 0 Å². The lowest BCUT2D eigenvalue weighted by Gasteiger charge is -2.11. The van der Waals surface area contributed by atoms with Gasteiger partial charge < -0.3 is 24.5 Å². The van der Waals surface area contributed by atoms with E-state index in [0.29, 0.717) is 39.7 Å². The Bertz CT molecular complexity index is 1080. The fraction of sp³-hybridized carbons (Fsp3) is 0.318. The number of oxazole rings is 1. The number of carbonyl (C=O) groups excluding carboxylic acids is 2. The quantitative estimate of drug-likeness (QED) is 0.643. The number of anilines is 1. The van der Waals surface area contributed by atoms with E-state index in [-0.39, 0.29) is 17.9 Å². The van der Waals surface area contributed by atoms with Gasteiger partial charge in [-0.25, -0.2) is 4.98 Å². The summed E-state index contributed by atoms with van der Waals surface area (Å²) in [7, 11) is 3.01. The van der Waals surface area contributed by atoms with Crippen LogP contribution in [-0.2, 0) is 10.2 Å². The maximum absolute atomic E-state index is 12.3. The molecule has 8 nitrogen and oxygen atoms in total. The highest BCUT2D eigenvalue weighted by atomic mass is 16.5. The molecular weight excluding hydrogens is 386 g/mol. The Kier molecular flexibility index (Phi) is 5.96. The van der Waals surface area contributed by atoms with Gasteiger partial charge in [-0.05, 0) is 36.4 Å². The van der Waals surface area contributed by atoms with Crippen molar-refractivity contribution < 1.29 is 23.5 Å². The molecule has 158 valence electrons. The Morgan fingerprint density at radius 2 is 1.77 bits per heavy atom. The van der Waals surface area contributed by atoms with Crippen LogP contribution in [0.15, 0.2) is 40.8 Å². The molecule has 30 heavy (non-hydrogen) atoms. The van der Waals surface area contributed by atoms with E-state index in [1.807, 2.05) is 20.8 Å². The normalized spacial score (nSPS) is 11.2. The summed E-state index contributed by atoms with van der Waals surface area (Å²) in [6.45, 7) is 5.86. The van der Waals surface area contributed by atoms with Crippen molar-refractivity contribution in [3.05, 3.63) is 47.9 Å². The number of ether oxygens (including phenoxy) is 2. The number of nitrogens with one attached hydrogen (secondary N) is 2. The third-order valence-corrected chi connectivity index (χ3v) is 4.37. The summed E-state index contributed by atoms with van der Waals surface area (Å²) in [5.74, 6) is 0.827. The summed E-state index contributed by atoms with van der Waals surface area (Å²) < 4.78 is 16.1. The van der Waals surface area contributed by atoms with Crippen LogP contribution in [-0.4, -0.2) is 37.6 Å². The highest BCUT2D eigenvalue weighted by Gasteiger charge is 2.21. The van der Waals surface area contributed by atoms with E-state index >= 15 is 0 Å². The smallest absolute Gasteiger partial charge is 0.251 e. The third kappa shape index (κ3) is 4.71. The largest absolute Gasteiger partial charge is 0.493 e. The van der Waals surface area contributed by atoms with E-state index < -0.39 is 5.91 Å². The lowest BCUT2D eigenvalue weighted by Crippen LogP contribution is -2.32. The minimum absolute atomic E-state index is 0.183. The van der Waals surface area contributed by atoms with Gasteiger partial charge in [-0.15, -0.1) is 0 Å². The van der Waals surface area contributed by atoms with Crippen LogP contribution >= 0.6 is 0 Å². The number of methoxy groups -OCH3 is 2. The van der Waals surface area contributed by atoms with Crippen molar-refractivity contribution >= 4 is 28.6 Å². The van der Waals surface area contributed by atoms with Gasteiger partial charge in [0.25, 0.3) is 5.91 Å². The Balaban J connectivity index is 1.62. The Hall–Kier alpha value is -3.55. The van der Waals surface area contributed by atoms with E-state index in [1.165, 1.54) is 14.2 Å². The fourth-order valence-corrected chi connectivity index (χ4v) is 2.77. The number of carbonyl (C=O) groups is 2. The van der Waals surface area contributed by atoms with Gasteiger partial charge >= 0.3 is 0 Å². The first-order valence-electron chi connectivity index (χ1n) is 9.42. The Morgan fingerprint density at radius 1 is 1.03 bits per heavy atom. The van der Waals surface area contributed by atoms with Crippen LogP contribution in [0.3, 0.4) is 0 Å². The van der Waals surface area contributed by atoms with Crippen LogP contribution < -0.4 is 20.1 Å². The van der Waals surface area contributed by atoms with Crippen LogP contribution in [0.4, 0.5) is 5.69 Å². The first-order valence-corrected chi connectivity index (χ1v) is 9.42.